The molecule has 14 heteroatoms. The number of aromatic nitrogens is 6. The zero-order valence-electron chi connectivity index (χ0n) is 19.7. The first-order valence-electron chi connectivity index (χ1n) is 11.7. The first-order valence-corrected chi connectivity index (χ1v) is 12.5. The van der Waals surface area contributed by atoms with Crippen LogP contribution in [0.25, 0.3) is 27.6 Å². The van der Waals surface area contributed by atoms with Crippen molar-refractivity contribution in [2.24, 2.45) is 0 Å². The van der Waals surface area contributed by atoms with E-state index in [0.717, 1.165) is 10.4 Å². The van der Waals surface area contributed by atoms with Gasteiger partial charge in [-0.3, -0.25) is 5.10 Å². The summed E-state index contributed by atoms with van der Waals surface area (Å²) in [6.45, 7) is 2.84. The van der Waals surface area contributed by atoms with E-state index in [9.17, 15) is 26.3 Å². The minimum Gasteiger partial charge on any atom is -0.303 e. The van der Waals surface area contributed by atoms with Gasteiger partial charge in [0.1, 0.15) is 11.3 Å². The van der Waals surface area contributed by atoms with Crippen molar-refractivity contribution in [3.63, 3.8) is 0 Å². The van der Waals surface area contributed by atoms with Crippen LogP contribution in [0.3, 0.4) is 0 Å². The molecule has 198 valence electrons. The Balaban J connectivity index is 1.39. The van der Waals surface area contributed by atoms with Crippen molar-refractivity contribution in [3.05, 3.63) is 40.8 Å². The number of hydrogen-bond acceptors (Lipinski definition) is 6. The van der Waals surface area contributed by atoms with Crippen LogP contribution in [0, 0.1) is 6.92 Å². The van der Waals surface area contributed by atoms with E-state index in [1.54, 1.807) is 30.3 Å². The number of nitrogens with zero attached hydrogens (tertiary/aromatic N) is 6. The van der Waals surface area contributed by atoms with Gasteiger partial charge in [-0.25, -0.2) is 14.5 Å². The molecule has 1 aliphatic heterocycles. The SMILES string of the molecule is Cc1cc(-c2n[nH]c(-c3ncc(C4CCN(CCC(F)(F)F)CC4)s3)c2CC(F)(F)F)cn2ncnc12. The minimum absolute atomic E-state index is 0.00534. The third-order valence-electron chi connectivity index (χ3n) is 6.52. The molecule has 0 aromatic carbocycles. The molecule has 0 bridgehead atoms. The maximum absolute atomic E-state index is 13.6. The average Bonchev–Trinajstić information content (AvgIpc) is 3.56. The number of piperidine rings is 1. The number of hydrogen-bond donors (Lipinski definition) is 1. The number of thiazole rings is 1. The lowest BCUT2D eigenvalue weighted by atomic mass is 9.96. The van der Waals surface area contributed by atoms with Gasteiger partial charge < -0.3 is 4.90 Å². The van der Waals surface area contributed by atoms with E-state index in [4.69, 9.17) is 0 Å². The summed E-state index contributed by atoms with van der Waals surface area (Å²) in [7, 11) is 0. The summed E-state index contributed by atoms with van der Waals surface area (Å²) in [6.07, 6.45) is -4.72. The largest absolute Gasteiger partial charge is 0.393 e. The molecule has 0 saturated carbocycles. The van der Waals surface area contributed by atoms with Crippen LogP contribution < -0.4 is 0 Å². The predicted molar refractivity (Wildman–Crippen MR) is 125 cm³/mol. The molecule has 4 aromatic heterocycles. The number of fused-ring (bicyclic) bond motifs is 1. The summed E-state index contributed by atoms with van der Waals surface area (Å²) in [5.41, 5.74) is 2.20. The van der Waals surface area contributed by atoms with E-state index in [-0.39, 0.29) is 29.4 Å². The van der Waals surface area contributed by atoms with Crippen molar-refractivity contribution in [2.75, 3.05) is 19.6 Å². The molecular formula is C23H23F6N7S. The first kappa shape index (κ1) is 25.6. The van der Waals surface area contributed by atoms with Gasteiger partial charge in [-0.15, -0.1) is 11.3 Å². The van der Waals surface area contributed by atoms with Gasteiger partial charge in [-0.05, 0) is 50.4 Å². The average molecular weight is 544 g/mol. The van der Waals surface area contributed by atoms with Crippen LogP contribution in [-0.4, -0.2) is 66.7 Å². The van der Waals surface area contributed by atoms with Crippen molar-refractivity contribution in [3.8, 4) is 22.0 Å². The Kier molecular flexibility index (Phi) is 6.73. The quantitative estimate of drug-likeness (QED) is 0.312. The zero-order chi connectivity index (χ0) is 26.4. The van der Waals surface area contributed by atoms with Crippen molar-refractivity contribution < 1.29 is 26.3 Å². The van der Waals surface area contributed by atoms with E-state index in [0.29, 0.717) is 42.1 Å². The van der Waals surface area contributed by atoms with Crippen LogP contribution >= 0.6 is 11.3 Å². The third-order valence-corrected chi connectivity index (χ3v) is 7.69. The van der Waals surface area contributed by atoms with E-state index in [1.165, 1.54) is 22.2 Å². The Morgan fingerprint density at radius 1 is 1.08 bits per heavy atom. The summed E-state index contributed by atoms with van der Waals surface area (Å²) in [4.78, 5) is 11.2. The second kappa shape index (κ2) is 9.71. The van der Waals surface area contributed by atoms with Gasteiger partial charge in [0, 0.05) is 34.9 Å². The van der Waals surface area contributed by atoms with E-state index in [1.807, 2.05) is 0 Å². The van der Waals surface area contributed by atoms with Crippen LogP contribution in [0.15, 0.2) is 24.8 Å². The van der Waals surface area contributed by atoms with Gasteiger partial charge in [-0.2, -0.15) is 36.5 Å². The predicted octanol–water partition coefficient (Wildman–Crippen LogP) is 5.79. The number of rotatable bonds is 6. The number of aryl methyl sites for hydroxylation is 1. The molecule has 0 atom stereocenters. The Bertz CT molecular complexity index is 1380. The molecule has 7 nitrogen and oxygen atoms in total. The molecule has 4 aromatic rings. The minimum atomic E-state index is -4.47. The summed E-state index contributed by atoms with van der Waals surface area (Å²) in [6, 6.07) is 1.73. The second-order valence-corrected chi connectivity index (χ2v) is 10.3. The lowest BCUT2D eigenvalue weighted by Crippen LogP contribution is -2.35. The molecule has 1 N–H and O–H groups in total. The molecule has 0 aliphatic carbocycles. The Hall–Kier alpha value is -3.00. The van der Waals surface area contributed by atoms with Crippen LogP contribution in [0.1, 0.15) is 41.2 Å². The Morgan fingerprint density at radius 2 is 1.84 bits per heavy atom. The number of nitrogens with one attached hydrogen (secondary N) is 1. The standard InChI is InChI=1S/C23H23F6N7S/c1-13-8-15(11-36-20(13)31-12-32-36)18-16(9-23(27,28)29)19(34-33-18)21-30-10-17(37-21)14-2-5-35(6-3-14)7-4-22(24,25)26/h8,10-12,14H,2-7,9H2,1H3,(H,33,34). The highest BCUT2D eigenvalue weighted by atomic mass is 32.1. The van der Waals surface area contributed by atoms with Crippen LogP contribution in [-0.2, 0) is 6.42 Å². The number of H-pyrrole nitrogens is 1. The summed E-state index contributed by atoms with van der Waals surface area (Å²) < 4.78 is 79.9. The van der Waals surface area contributed by atoms with Crippen molar-refractivity contribution >= 4 is 17.0 Å². The number of alkyl halides is 6. The molecule has 1 aliphatic rings. The molecule has 1 saturated heterocycles. The van der Waals surface area contributed by atoms with Gasteiger partial charge in [0.25, 0.3) is 0 Å². The van der Waals surface area contributed by atoms with Gasteiger partial charge in [0.2, 0.25) is 0 Å². The highest BCUT2D eigenvalue weighted by Crippen LogP contribution is 2.39. The fourth-order valence-corrected chi connectivity index (χ4v) is 5.80. The van der Waals surface area contributed by atoms with Gasteiger partial charge in [0.05, 0.1) is 24.2 Å². The second-order valence-electron chi connectivity index (χ2n) is 9.21. The highest BCUT2D eigenvalue weighted by molar-refractivity contribution is 7.15. The monoisotopic (exact) mass is 543 g/mol. The topological polar surface area (TPSA) is 75.0 Å². The molecule has 37 heavy (non-hydrogen) atoms. The van der Waals surface area contributed by atoms with E-state index >= 15 is 0 Å². The first-order chi connectivity index (χ1) is 17.5. The normalized spacial score (nSPS) is 16.2. The molecule has 5 heterocycles. The molecular weight excluding hydrogens is 520 g/mol. The third kappa shape index (κ3) is 5.79. The lowest BCUT2D eigenvalue weighted by Gasteiger charge is -2.31. The molecule has 0 amide bonds. The molecule has 0 radical (unpaired) electrons. The van der Waals surface area contributed by atoms with E-state index < -0.39 is 25.2 Å². The maximum Gasteiger partial charge on any atom is 0.393 e. The molecule has 0 unspecified atom stereocenters. The van der Waals surface area contributed by atoms with Gasteiger partial charge >= 0.3 is 12.4 Å². The molecule has 5 rings (SSSR count). The number of pyridine rings is 1. The smallest absolute Gasteiger partial charge is 0.303 e. The highest BCUT2D eigenvalue weighted by Gasteiger charge is 2.34. The number of halogens is 6. The Morgan fingerprint density at radius 3 is 2.54 bits per heavy atom. The van der Waals surface area contributed by atoms with Crippen molar-refractivity contribution in [1.29, 1.82) is 0 Å². The molecule has 0 spiro atoms. The van der Waals surface area contributed by atoms with Gasteiger partial charge in [-0.1, -0.05) is 0 Å². The number of aromatic amines is 1. The fourth-order valence-electron chi connectivity index (χ4n) is 4.69. The summed E-state index contributed by atoms with van der Waals surface area (Å²) in [5, 5.41) is 11.5. The molecule has 1 fully saturated rings. The number of likely N-dealkylation sites (tertiary alicyclic amines) is 1. The summed E-state index contributed by atoms with van der Waals surface area (Å²) in [5.74, 6) is 0.0965. The summed E-state index contributed by atoms with van der Waals surface area (Å²) >= 11 is 1.29. The van der Waals surface area contributed by atoms with Crippen LogP contribution in [0.2, 0.25) is 0 Å². The van der Waals surface area contributed by atoms with Gasteiger partial charge in [0.15, 0.2) is 5.65 Å². The zero-order valence-corrected chi connectivity index (χ0v) is 20.5. The lowest BCUT2D eigenvalue weighted by molar-refractivity contribution is -0.138. The van der Waals surface area contributed by atoms with Crippen molar-refractivity contribution in [2.45, 2.75) is 50.9 Å². The fraction of sp³-hybridized carbons (Fsp3) is 0.478. The van der Waals surface area contributed by atoms with Crippen LogP contribution in [0.4, 0.5) is 26.3 Å². The van der Waals surface area contributed by atoms with Crippen LogP contribution in [0.5, 0.6) is 0 Å². The van der Waals surface area contributed by atoms with E-state index in [2.05, 4.69) is 25.3 Å². The van der Waals surface area contributed by atoms with Crippen molar-refractivity contribution in [1.82, 2.24) is 34.7 Å². The maximum atomic E-state index is 13.6. The Labute approximate surface area is 211 Å².